The van der Waals surface area contributed by atoms with Crippen molar-refractivity contribution in [3.8, 4) is 0 Å². The monoisotopic (exact) mass is 373 g/mol. The zero-order chi connectivity index (χ0) is 18.2. The lowest BCUT2D eigenvalue weighted by Crippen LogP contribution is -2.33. The number of nitrogens with zero attached hydrogens (tertiary/aromatic N) is 2. The van der Waals surface area contributed by atoms with Gasteiger partial charge in [0.15, 0.2) is 5.50 Å². The first-order chi connectivity index (χ1) is 13.3. The van der Waals surface area contributed by atoms with Crippen molar-refractivity contribution in [2.75, 3.05) is 0 Å². The Morgan fingerprint density at radius 3 is 3.00 bits per heavy atom. The van der Waals surface area contributed by atoms with E-state index in [9.17, 15) is 5.11 Å². The summed E-state index contributed by atoms with van der Waals surface area (Å²) < 4.78 is 0. The fraction of sp³-hybridized carbons (Fsp3) is 0.182. The van der Waals surface area contributed by atoms with Crippen molar-refractivity contribution < 1.29 is 5.11 Å². The van der Waals surface area contributed by atoms with Gasteiger partial charge >= 0.3 is 0 Å². The largest absolute Gasteiger partial charge is 0.391 e. The highest BCUT2D eigenvalue weighted by atomic mass is 32.2. The number of aromatic nitrogens is 1. The molecule has 2 N–H and O–H groups in total. The molecule has 0 fully saturated rings. The van der Waals surface area contributed by atoms with Crippen LogP contribution in [0.2, 0.25) is 0 Å². The van der Waals surface area contributed by atoms with E-state index in [1.54, 1.807) is 11.8 Å². The van der Waals surface area contributed by atoms with Gasteiger partial charge in [-0.05, 0) is 41.0 Å². The molecule has 2 aromatic carbocycles. The summed E-state index contributed by atoms with van der Waals surface area (Å²) in [7, 11) is 0. The molecule has 1 aliphatic carbocycles. The second-order valence-corrected chi connectivity index (χ2v) is 8.02. The van der Waals surface area contributed by atoms with Crippen molar-refractivity contribution in [3.05, 3.63) is 82.4 Å². The Labute approximate surface area is 162 Å². The predicted octanol–water partition coefficient (Wildman–Crippen LogP) is 3.92. The number of fused-ring (bicyclic) bond motifs is 2. The lowest BCUT2D eigenvalue weighted by atomic mass is 10.1. The minimum Gasteiger partial charge on any atom is -0.391 e. The number of hydrogen-bond acceptors (Lipinski definition) is 5. The van der Waals surface area contributed by atoms with Crippen LogP contribution < -0.4 is 5.32 Å². The van der Waals surface area contributed by atoms with E-state index in [4.69, 9.17) is 0 Å². The van der Waals surface area contributed by atoms with Crippen LogP contribution >= 0.6 is 11.8 Å². The van der Waals surface area contributed by atoms with E-state index in [1.807, 2.05) is 36.7 Å². The summed E-state index contributed by atoms with van der Waals surface area (Å²) in [5.74, 6) is 0. The van der Waals surface area contributed by atoms with Crippen LogP contribution in [0.3, 0.4) is 0 Å². The number of aliphatic hydroxyl groups excluding tert-OH is 1. The average Bonchev–Trinajstić information content (AvgIpc) is 3.26. The van der Waals surface area contributed by atoms with Gasteiger partial charge in [-0.15, -0.1) is 0 Å². The van der Waals surface area contributed by atoms with Gasteiger partial charge in [0.25, 0.3) is 0 Å². The number of nitrogens with one attached hydrogen (secondary N) is 1. The molecule has 3 aromatic rings. The Bertz CT molecular complexity index is 1060. The second kappa shape index (κ2) is 6.93. The number of benzene rings is 2. The summed E-state index contributed by atoms with van der Waals surface area (Å²) in [6, 6.07) is 18.4. The lowest BCUT2D eigenvalue weighted by Gasteiger charge is -2.20. The molecule has 134 valence electrons. The molecule has 0 spiro atoms. The maximum Gasteiger partial charge on any atom is 0.151 e. The summed E-state index contributed by atoms with van der Waals surface area (Å²) in [6.07, 6.45) is 6.15. The number of aliphatic hydroxyl groups is 1. The van der Waals surface area contributed by atoms with Crippen molar-refractivity contribution in [1.29, 1.82) is 0 Å². The van der Waals surface area contributed by atoms with Gasteiger partial charge in [-0.2, -0.15) is 0 Å². The number of rotatable bonds is 3. The van der Waals surface area contributed by atoms with Gasteiger partial charge in [-0.25, -0.2) is 0 Å². The zero-order valence-corrected chi connectivity index (χ0v) is 15.4. The summed E-state index contributed by atoms with van der Waals surface area (Å²) in [5, 5.41) is 15.1. The first-order valence-electron chi connectivity index (χ1n) is 9.04. The number of aliphatic imine (C=N–C) groups is 1. The highest BCUT2D eigenvalue weighted by Crippen LogP contribution is 2.35. The Balaban J connectivity index is 1.31. The van der Waals surface area contributed by atoms with E-state index in [1.165, 1.54) is 11.1 Å². The van der Waals surface area contributed by atoms with E-state index >= 15 is 0 Å². The maximum absolute atomic E-state index is 10.4. The van der Waals surface area contributed by atoms with E-state index in [-0.39, 0.29) is 11.5 Å². The van der Waals surface area contributed by atoms with E-state index < -0.39 is 6.10 Å². The van der Waals surface area contributed by atoms with Crippen LogP contribution in [0.25, 0.3) is 17.0 Å². The van der Waals surface area contributed by atoms with E-state index in [0.717, 1.165) is 21.4 Å². The predicted molar refractivity (Wildman–Crippen MR) is 112 cm³/mol. The van der Waals surface area contributed by atoms with Crippen LogP contribution in [0, 0.1) is 0 Å². The van der Waals surface area contributed by atoms with Crippen LogP contribution in [0.5, 0.6) is 0 Å². The third kappa shape index (κ3) is 3.30. The molecule has 27 heavy (non-hydrogen) atoms. The van der Waals surface area contributed by atoms with Crippen molar-refractivity contribution in [2.24, 2.45) is 4.99 Å². The molecular weight excluding hydrogens is 354 g/mol. The molecule has 0 radical (unpaired) electrons. The molecule has 0 bridgehead atoms. The van der Waals surface area contributed by atoms with Crippen LogP contribution in [0.4, 0.5) is 0 Å². The summed E-state index contributed by atoms with van der Waals surface area (Å²) in [6.45, 7) is 0. The van der Waals surface area contributed by atoms with Gasteiger partial charge in [-0.3, -0.25) is 15.3 Å². The van der Waals surface area contributed by atoms with Crippen LogP contribution in [0.15, 0.2) is 70.7 Å². The molecule has 3 atom stereocenters. The third-order valence-corrected chi connectivity index (χ3v) is 6.02. The lowest BCUT2D eigenvalue weighted by molar-refractivity contribution is 0.140. The molecule has 2 aliphatic rings. The fourth-order valence-electron chi connectivity index (χ4n) is 3.76. The van der Waals surface area contributed by atoms with Gasteiger partial charge in [0.2, 0.25) is 0 Å². The van der Waals surface area contributed by atoms with Crippen molar-refractivity contribution in [2.45, 2.75) is 24.1 Å². The highest BCUT2D eigenvalue weighted by molar-refractivity contribution is 8.04. The van der Waals surface area contributed by atoms with Gasteiger partial charge in [0, 0.05) is 29.1 Å². The molecule has 0 saturated heterocycles. The van der Waals surface area contributed by atoms with Gasteiger partial charge < -0.3 is 5.11 Å². The topological polar surface area (TPSA) is 57.5 Å². The molecule has 4 nitrogen and oxygen atoms in total. The number of hydrogen-bond donors (Lipinski definition) is 2. The quantitative estimate of drug-likeness (QED) is 0.730. The number of pyridine rings is 1. The molecule has 5 rings (SSSR count). The van der Waals surface area contributed by atoms with Crippen LogP contribution in [0.1, 0.15) is 22.7 Å². The number of allylic oxidation sites excluding steroid dienone is 1. The first kappa shape index (κ1) is 16.7. The smallest absolute Gasteiger partial charge is 0.151 e. The third-order valence-electron chi connectivity index (χ3n) is 5.05. The Morgan fingerprint density at radius 1 is 1.11 bits per heavy atom. The maximum atomic E-state index is 10.4. The van der Waals surface area contributed by atoms with Crippen LogP contribution in [-0.2, 0) is 6.42 Å². The van der Waals surface area contributed by atoms with Gasteiger partial charge in [0.05, 0.1) is 17.7 Å². The molecule has 5 heteroatoms. The van der Waals surface area contributed by atoms with Crippen LogP contribution in [-0.4, -0.2) is 27.9 Å². The first-order valence-corrected chi connectivity index (χ1v) is 9.92. The minimum atomic E-state index is -0.404. The summed E-state index contributed by atoms with van der Waals surface area (Å²) in [4.78, 5) is 10.1. The van der Waals surface area contributed by atoms with Gasteiger partial charge in [0.1, 0.15) is 0 Å². The molecule has 0 amide bonds. The highest BCUT2D eigenvalue weighted by Gasteiger charge is 2.33. The van der Waals surface area contributed by atoms with E-state index in [0.29, 0.717) is 6.42 Å². The Morgan fingerprint density at radius 2 is 2.04 bits per heavy atom. The molecule has 0 saturated carbocycles. The second-order valence-electron chi connectivity index (χ2n) is 6.87. The molecule has 3 unspecified atom stereocenters. The zero-order valence-electron chi connectivity index (χ0n) is 14.6. The van der Waals surface area contributed by atoms with E-state index in [2.05, 4.69) is 51.7 Å². The average molecular weight is 373 g/mol. The standard InChI is InChI=1S/C22H19N3OS/c26-20-12-15-4-1-2-6-18(15)21(20)25-22-24-13-17(27-22)11-14-7-8-19-16(10-14)5-3-9-23-19/h1-11,13,20-22,25-26H,12H2/b17-11-. The summed E-state index contributed by atoms with van der Waals surface area (Å²) >= 11 is 1.68. The fourth-order valence-corrected chi connectivity index (χ4v) is 4.68. The Kier molecular flexibility index (Phi) is 4.28. The summed E-state index contributed by atoms with van der Waals surface area (Å²) in [5.41, 5.74) is 4.46. The number of thioether (sulfide) groups is 1. The SMILES string of the molecule is OC1Cc2ccccc2C1NC1N=C/C(=C/c2ccc3ncccc3c2)S1. The molecule has 1 aromatic heterocycles. The normalized spacial score (nSPS) is 25.4. The van der Waals surface area contributed by atoms with Gasteiger partial charge in [-0.1, -0.05) is 48.2 Å². The minimum absolute atomic E-state index is 0.0676. The molecular formula is C22H19N3OS. The molecule has 1 aliphatic heterocycles. The Hall–Kier alpha value is -2.47. The van der Waals surface area contributed by atoms with Crippen molar-refractivity contribution in [1.82, 2.24) is 10.3 Å². The molecule has 2 heterocycles. The van der Waals surface area contributed by atoms with Crippen molar-refractivity contribution >= 4 is 35.0 Å². The van der Waals surface area contributed by atoms with Crippen molar-refractivity contribution in [3.63, 3.8) is 0 Å².